The molecule has 2 rings (SSSR count). The van der Waals surface area contributed by atoms with E-state index in [1.807, 2.05) is 0 Å². The number of carbonyl (C=O) groups is 3. The molecule has 2 fully saturated rings. The van der Waals surface area contributed by atoms with Crippen LogP contribution in [0.1, 0.15) is 13.3 Å². The molecule has 0 aromatic rings. The standard InChI is InChI=1S/C11H15FN2O5/c1-3(13)8(15)14-11(10(18)19)2-4(12)5-6(7(5)11)9(16)17/h3-7H,2,13H2,1H3,(H,14,15)(H,16,17)(H,18,19)/t3-,4+,5-,6-,7-,11-/m0/s1. The number of alkyl halides is 1. The van der Waals surface area contributed by atoms with Crippen LogP contribution >= 0.6 is 0 Å². The first kappa shape index (κ1) is 13.7. The number of carboxylic acid groups (broad SMARTS) is 2. The third-order valence-corrected chi connectivity index (χ3v) is 4.01. The van der Waals surface area contributed by atoms with E-state index in [1.54, 1.807) is 0 Å². The molecule has 0 bridgehead atoms. The Morgan fingerprint density at radius 1 is 1.42 bits per heavy atom. The van der Waals surface area contributed by atoms with E-state index in [1.165, 1.54) is 6.92 Å². The highest BCUT2D eigenvalue weighted by Gasteiger charge is 2.76. The highest BCUT2D eigenvalue weighted by Crippen LogP contribution is 2.63. The third-order valence-electron chi connectivity index (χ3n) is 4.01. The Kier molecular flexibility index (Phi) is 3.00. The Morgan fingerprint density at radius 3 is 2.37 bits per heavy atom. The highest BCUT2D eigenvalue weighted by molar-refractivity contribution is 5.92. The number of aliphatic carboxylic acids is 2. The molecule has 106 valence electrons. The molecule has 0 spiro atoms. The van der Waals surface area contributed by atoms with Crippen LogP contribution in [0, 0.1) is 17.8 Å². The second-order valence-corrected chi connectivity index (χ2v) is 5.24. The lowest BCUT2D eigenvalue weighted by atomic mass is 9.89. The van der Waals surface area contributed by atoms with Crippen molar-refractivity contribution in [2.75, 3.05) is 0 Å². The monoisotopic (exact) mass is 274 g/mol. The average Bonchev–Trinajstić information content (AvgIpc) is 2.96. The number of nitrogens with two attached hydrogens (primary N) is 1. The first-order chi connectivity index (χ1) is 8.72. The van der Waals surface area contributed by atoms with Gasteiger partial charge in [-0.3, -0.25) is 9.59 Å². The number of amides is 1. The molecule has 0 aromatic carbocycles. The van der Waals surface area contributed by atoms with Gasteiger partial charge in [-0.05, 0) is 6.92 Å². The summed E-state index contributed by atoms with van der Waals surface area (Å²) in [5, 5.41) is 20.5. The van der Waals surface area contributed by atoms with Gasteiger partial charge in [0.05, 0.1) is 12.0 Å². The fourth-order valence-electron chi connectivity index (χ4n) is 3.07. The lowest BCUT2D eigenvalue weighted by molar-refractivity contribution is -0.150. The number of carboxylic acids is 2. The van der Waals surface area contributed by atoms with E-state index in [4.69, 9.17) is 10.8 Å². The van der Waals surface area contributed by atoms with Crippen molar-refractivity contribution in [2.45, 2.75) is 31.1 Å². The Labute approximate surface area is 108 Å². The van der Waals surface area contributed by atoms with E-state index >= 15 is 0 Å². The quantitative estimate of drug-likeness (QED) is 0.518. The fourth-order valence-corrected chi connectivity index (χ4v) is 3.07. The smallest absolute Gasteiger partial charge is 0.329 e. The summed E-state index contributed by atoms with van der Waals surface area (Å²) < 4.78 is 13.8. The molecule has 7 nitrogen and oxygen atoms in total. The van der Waals surface area contributed by atoms with Gasteiger partial charge in [0.25, 0.3) is 0 Å². The minimum atomic E-state index is -1.86. The summed E-state index contributed by atoms with van der Waals surface area (Å²) in [6.45, 7) is 1.37. The number of hydrogen-bond acceptors (Lipinski definition) is 4. The number of rotatable bonds is 4. The van der Waals surface area contributed by atoms with Crippen LogP contribution in [0.3, 0.4) is 0 Å². The third kappa shape index (κ3) is 1.86. The molecule has 0 heterocycles. The zero-order valence-corrected chi connectivity index (χ0v) is 10.2. The van der Waals surface area contributed by atoms with Gasteiger partial charge in [-0.15, -0.1) is 0 Å². The normalized spacial score (nSPS) is 41.2. The summed E-state index contributed by atoms with van der Waals surface area (Å²) in [4.78, 5) is 34.0. The number of nitrogens with one attached hydrogen (secondary N) is 1. The van der Waals surface area contributed by atoms with Crippen molar-refractivity contribution in [1.29, 1.82) is 0 Å². The predicted octanol–water partition coefficient (Wildman–Crippen LogP) is -1.04. The Morgan fingerprint density at radius 2 is 2.00 bits per heavy atom. The number of halogens is 1. The Bertz CT molecular complexity index is 454. The van der Waals surface area contributed by atoms with Crippen molar-refractivity contribution in [3.05, 3.63) is 0 Å². The highest BCUT2D eigenvalue weighted by atomic mass is 19.1. The lowest BCUT2D eigenvalue weighted by Gasteiger charge is -2.29. The number of hydrogen-bond donors (Lipinski definition) is 4. The molecule has 0 saturated heterocycles. The van der Waals surface area contributed by atoms with Crippen molar-refractivity contribution in [3.63, 3.8) is 0 Å². The van der Waals surface area contributed by atoms with Gasteiger partial charge in [0.2, 0.25) is 5.91 Å². The minimum Gasteiger partial charge on any atom is -0.481 e. The molecule has 0 unspecified atom stereocenters. The molecule has 8 heteroatoms. The van der Waals surface area contributed by atoms with Crippen LogP contribution in [0.4, 0.5) is 4.39 Å². The summed E-state index contributed by atoms with van der Waals surface area (Å²) >= 11 is 0. The average molecular weight is 274 g/mol. The topological polar surface area (TPSA) is 130 Å². The molecule has 19 heavy (non-hydrogen) atoms. The van der Waals surface area contributed by atoms with Crippen molar-refractivity contribution >= 4 is 17.8 Å². The summed E-state index contributed by atoms with van der Waals surface area (Å²) in [7, 11) is 0. The van der Waals surface area contributed by atoms with Crippen LogP contribution in [0.2, 0.25) is 0 Å². The van der Waals surface area contributed by atoms with Gasteiger partial charge >= 0.3 is 11.9 Å². The van der Waals surface area contributed by atoms with Crippen LogP contribution in [0.25, 0.3) is 0 Å². The molecule has 5 N–H and O–H groups in total. The summed E-state index contributed by atoms with van der Waals surface area (Å²) in [5.74, 6) is -6.21. The molecule has 0 aromatic heterocycles. The molecule has 2 aliphatic rings. The first-order valence-corrected chi connectivity index (χ1v) is 5.90. The molecule has 2 saturated carbocycles. The fraction of sp³-hybridized carbons (Fsp3) is 0.727. The van der Waals surface area contributed by atoms with Crippen LogP contribution < -0.4 is 11.1 Å². The second-order valence-electron chi connectivity index (χ2n) is 5.24. The first-order valence-electron chi connectivity index (χ1n) is 5.90. The SMILES string of the molecule is C[C@H](N)C(=O)N[C@@]1(C(=O)O)C[C@@H](F)[C@H]2[C@H](C(=O)O)[C@H]21. The van der Waals surface area contributed by atoms with E-state index in [9.17, 15) is 23.9 Å². The predicted molar refractivity (Wildman–Crippen MR) is 59.8 cm³/mol. The minimum absolute atomic E-state index is 0.417. The van der Waals surface area contributed by atoms with E-state index in [-0.39, 0.29) is 0 Å². The molecule has 1 amide bonds. The van der Waals surface area contributed by atoms with E-state index in [2.05, 4.69) is 5.32 Å². The van der Waals surface area contributed by atoms with E-state index < -0.39 is 59.8 Å². The zero-order valence-electron chi connectivity index (χ0n) is 10.2. The van der Waals surface area contributed by atoms with Crippen molar-refractivity contribution in [1.82, 2.24) is 5.32 Å². The summed E-state index contributed by atoms with van der Waals surface area (Å²) in [5.41, 5.74) is 3.48. The zero-order chi connectivity index (χ0) is 14.5. The summed E-state index contributed by atoms with van der Waals surface area (Å²) in [6.07, 6.45) is -1.96. The van der Waals surface area contributed by atoms with Crippen LogP contribution in [-0.2, 0) is 14.4 Å². The van der Waals surface area contributed by atoms with Crippen molar-refractivity contribution in [2.24, 2.45) is 23.5 Å². The van der Waals surface area contributed by atoms with Crippen molar-refractivity contribution in [3.8, 4) is 0 Å². The van der Waals surface area contributed by atoms with Crippen LogP contribution in [0.15, 0.2) is 0 Å². The Balaban J connectivity index is 2.29. The van der Waals surface area contributed by atoms with Gasteiger partial charge in [-0.1, -0.05) is 0 Å². The van der Waals surface area contributed by atoms with Crippen LogP contribution in [-0.4, -0.2) is 45.8 Å². The molecular formula is C11H15FN2O5. The van der Waals surface area contributed by atoms with Gasteiger partial charge in [-0.2, -0.15) is 0 Å². The number of carbonyl (C=O) groups excluding carboxylic acids is 1. The molecule has 0 radical (unpaired) electrons. The Hall–Kier alpha value is -1.70. The molecule has 2 aliphatic carbocycles. The van der Waals surface area contributed by atoms with Gasteiger partial charge < -0.3 is 21.3 Å². The maximum absolute atomic E-state index is 13.8. The largest absolute Gasteiger partial charge is 0.481 e. The van der Waals surface area contributed by atoms with E-state index in [0.717, 1.165) is 0 Å². The van der Waals surface area contributed by atoms with E-state index in [0.29, 0.717) is 0 Å². The summed E-state index contributed by atoms with van der Waals surface area (Å²) in [6, 6.07) is -0.949. The molecular weight excluding hydrogens is 259 g/mol. The maximum Gasteiger partial charge on any atom is 0.329 e. The van der Waals surface area contributed by atoms with Crippen molar-refractivity contribution < 1.29 is 29.0 Å². The van der Waals surface area contributed by atoms with Gasteiger partial charge in [0, 0.05) is 18.3 Å². The van der Waals surface area contributed by atoms with Gasteiger partial charge in [0.15, 0.2) is 0 Å². The van der Waals surface area contributed by atoms with Gasteiger partial charge in [-0.25, -0.2) is 9.18 Å². The van der Waals surface area contributed by atoms with Crippen LogP contribution in [0.5, 0.6) is 0 Å². The lowest BCUT2D eigenvalue weighted by Crippen LogP contribution is -2.59. The molecule has 6 atom stereocenters. The maximum atomic E-state index is 13.8. The molecule has 0 aliphatic heterocycles. The second kappa shape index (κ2) is 4.16. The number of fused-ring (bicyclic) bond motifs is 1. The van der Waals surface area contributed by atoms with Gasteiger partial charge in [0.1, 0.15) is 11.7 Å².